The van der Waals surface area contributed by atoms with E-state index >= 15 is 0 Å². The van der Waals surface area contributed by atoms with Gasteiger partial charge in [0.25, 0.3) is 0 Å². The first-order chi connectivity index (χ1) is 9.10. The first kappa shape index (κ1) is 13.7. The lowest BCUT2D eigenvalue weighted by Crippen LogP contribution is -2.24. The molecule has 0 radical (unpaired) electrons. The van der Waals surface area contributed by atoms with Crippen LogP contribution >= 0.6 is 0 Å². The zero-order chi connectivity index (χ0) is 13.8. The van der Waals surface area contributed by atoms with Gasteiger partial charge >= 0.3 is 5.97 Å². The fourth-order valence-corrected chi connectivity index (χ4v) is 2.55. The summed E-state index contributed by atoms with van der Waals surface area (Å²) in [7, 11) is 1.36. The molecule has 1 saturated carbocycles. The van der Waals surface area contributed by atoms with Crippen LogP contribution in [0.3, 0.4) is 0 Å². The van der Waals surface area contributed by atoms with Gasteiger partial charge in [0.1, 0.15) is 5.75 Å². The number of rotatable bonds is 3. The standard InChI is InChI=1S/C15H21NO3/c1-10-4-3-5-12(8-10)19-14-9-11(15(17)18-2)6-7-13(14)16/h6-7,9-10,12H,3-5,8,16H2,1-2H3. The number of anilines is 1. The van der Waals surface area contributed by atoms with Crippen molar-refractivity contribution in [1.82, 2.24) is 0 Å². The summed E-state index contributed by atoms with van der Waals surface area (Å²) in [5, 5.41) is 0. The Labute approximate surface area is 113 Å². The summed E-state index contributed by atoms with van der Waals surface area (Å²) in [6.45, 7) is 2.24. The van der Waals surface area contributed by atoms with Crippen LogP contribution in [-0.2, 0) is 4.74 Å². The van der Waals surface area contributed by atoms with Crippen LogP contribution in [0.15, 0.2) is 18.2 Å². The van der Waals surface area contributed by atoms with Crippen molar-refractivity contribution in [2.75, 3.05) is 12.8 Å². The highest BCUT2D eigenvalue weighted by atomic mass is 16.5. The minimum Gasteiger partial charge on any atom is -0.488 e. The molecule has 2 atom stereocenters. The molecule has 0 amide bonds. The molecule has 0 saturated heterocycles. The first-order valence-electron chi connectivity index (χ1n) is 6.74. The van der Waals surface area contributed by atoms with Gasteiger partial charge in [0.15, 0.2) is 0 Å². The van der Waals surface area contributed by atoms with Gasteiger partial charge in [-0.2, -0.15) is 0 Å². The Morgan fingerprint density at radius 1 is 1.37 bits per heavy atom. The molecule has 2 rings (SSSR count). The fraction of sp³-hybridized carbons (Fsp3) is 0.533. The van der Waals surface area contributed by atoms with Crippen molar-refractivity contribution in [3.63, 3.8) is 0 Å². The molecule has 0 aliphatic heterocycles. The maximum Gasteiger partial charge on any atom is 0.337 e. The normalized spacial score (nSPS) is 22.8. The molecule has 0 spiro atoms. The SMILES string of the molecule is COC(=O)c1ccc(N)c(OC2CCCC(C)C2)c1. The van der Waals surface area contributed by atoms with Gasteiger partial charge in [-0.25, -0.2) is 4.79 Å². The largest absolute Gasteiger partial charge is 0.488 e. The second-order valence-electron chi connectivity index (χ2n) is 5.26. The van der Waals surface area contributed by atoms with Gasteiger partial charge in [-0.05, 0) is 43.4 Å². The summed E-state index contributed by atoms with van der Waals surface area (Å²) in [6.07, 6.45) is 4.73. The number of hydrogen-bond acceptors (Lipinski definition) is 4. The number of methoxy groups -OCH3 is 1. The number of carbonyl (C=O) groups is 1. The average Bonchev–Trinajstić information content (AvgIpc) is 2.40. The second-order valence-corrected chi connectivity index (χ2v) is 5.26. The van der Waals surface area contributed by atoms with Gasteiger partial charge in [-0.3, -0.25) is 0 Å². The van der Waals surface area contributed by atoms with Crippen molar-refractivity contribution >= 4 is 11.7 Å². The minimum absolute atomic E-state index is 0.193. The van der Waals surface area contributed by atoms with Gasteiger partial charge in [-0.1, -0.05) is 13.3 Å². The minimum atomic E-state index is -0.373. The highest BCUT2D eigenvalue weighted by Gasteiger charge is 2.21. The summed E-state index contributed by atoms with van der Waals surface area (Å²) in [5.41, 5.74) is 6.93. The molecule has 4 nitrogen and oxygen atoms in total. The summed E-state index contributed by atoms with van der Waals surface area (Å²) < 4.78 is 10.7. The van der Waals surface area contributed by atoms with Crippen LogP contribution in [0.25, 0.3) is 0 Å². The quantitative estimate of drug-likeness (QED) is 0.672. The van der Waals surface area contributed by atoms with Crippen molar-refractivity contribution < 1.29 is 14.3 Å². The smallest absolute Gasteiger partial charge is 0.337 e. The Bertz CT molecular complexity index is 459. The lowest BCUT2D eigenvalue weighted by Gasteiger charge is -2.28. The molecule has 0 bridgehead atoms. The molecule has 1 aromatic carbocycles. The van der Waals surface area contributed by atoms with E-state index in [0.29, 0.717) is 22.9 Å². The summed E-state index contributed by atoms with van der Waals surface area (Å²) in [6, 6.07) is 5.01. The number of benzene rings is 1. The Balaban J connectivity index is 2.12. The van der Waals surface area contributed by atoms with E-state index in [2.05, 4.69) is 6.92 Å². The summed E-state index contributed by atoms with van der Waals surface area (Å²) in [5.74, 6) is 0.896. The van der Waals surface area contributed by atoms with Crippen molar-refractivity contribution in [3.05, 3.63) is 23.8 Å². The molecule has 0 aromatic heterocycles. The third-order valence-electron chi connectivity index (χ3n) is 3.62. The van der Waals surface area contributed by atoms with Crippen LogP contribution in [0.5, 0.6) is 5.75 Å². The van der Waals surface area contributed by atoms with Crippen LogP contribution in [0.2, 0.25) is 0 Å². The maximum atomic E-state index is 11.5. The maximum absolute atomic E-state index is 11.5. The number of hydrogen-bond donors (Lipinski definition) is 1. The predicted molar refractivity (Wildman–Crippen MR) is 74.2 cm³/mol. The monoisotopic (exact) mass is 263 g/mol. The van der Waals surface area contributed by atoms with Crippen LogP contribution in [0.4, 0.5) is 5.69 Å². The lowest BCUT2D eigenvalue weighted by atomic mass is 9.89. The van der Waals surface area contributed by atoms with E-state index in [1.165, 1.54) is 20.0 Å². The highest BCUT2D eigenvalue weighted by Crippen LogP contribution is 2.30. The van der Waals surface area contributed by atoms with Crippen molar-refractivity contribution in [1.29, 1.82) is 0 Å². The number of ether oxygens (including phenoxy) is 2. The van der Waals surface area contributed by atoms with Gasteiger partial charge in [0.2, 0.25) is 0 Å². The van der Waals surface area contributed by atoms with E-state index in [4.69, 9.17) is 15.2 Å². The van der Waals surface area contributed by atoms with Crippen LogP contribution < -0.4 is 10.5 Å². The zero-order valence-electron chi connectivity index (χ0n) is 11.5. The van der Waals surface area contributed by atoms with Crippen LogP contribution in [0.1, 0.15) is 43.0 Å². The molecule has 104 valence electrons. The number of nitrogen functional groups attached to an aromatic ring is 1. The average molecular weight is 263 g/mol. The molecule has 0 heterocycles. The molecule has 1 aromatic rings. The summed E-state index contributed by atoms with van der Waals surface area (Å²) >= 11 is 0. The Hall–Kier alpha value is -1.71. The first-order valence-corrected chi connectivity index (χ1v) is 6.74. The van der Waals surface area contributed by atoms with E-state index in [1.807, 2.05) is 0 Å². The number of esters is 1. The van der Waals surface area contributed by atoms with Crippen LogP contribution in [-0.4, -0.2) is 19.2 Å². The molecular formula is C15H21NO3. The van der Waals surface area contributed by atoms with Crippen molar-refractivity contribution in [2.24, 2.45) is 5.92 Å². The third-order valence-corrected chi connectivity index (χ3v) is 3.62. The molecule has 1 aliphatic rings. The van der Waals surface area contributed by atoms with E-state index in [0.717, 1.165) is 12.8 Å². The van der Waals surface area contributed by atoms with Gasteiger partial charge in [0.05, 0.1) is 24.5 Å². The Morgan fingerprint density at radius 2 is 2.16 bits per heavy atom. The highest BCUT2D eigenvalue weighted by molar-refractivity contribution is 5.90. The second kappa shape index (κ2) is 5.95. The van der Waals surface area contributed by atoms with Gasteiger partial charge < -0.3 is 15.2 Å². The Morgan fingerprint density at radius 3 is 2.84 bits per heavy atom. The zero-order valence-corrected chi connectivity index (χ0v) is 11.5. The molecule has 2 unspecified atom stereocenters. The van der Waals surface area contributed by atoms with Gasteiger partial charge in [0, 0.05) is 0 Å². The Kier molecular flexibility index (Phi) is 4.30. The molecular weight excluding hydrogens is 242 g/mol. The molecule has 4 heteroatoms. The van der Waals surface area contributed by atoms with E-state index in [-0.39, 0.29) is 12.1 Å². The molecule has 19 heavy (non-hydrogen) atoms. The van der Waals surface area contributed by atoms with E-state index < -0.39 is 0 Å². The van der Waals surface area contributed by atoms with Gasteiger partial charge in [-0.15, -0.1) is 0 Å². The third kappa shape index (κ3) is 3.40. The van der Waals surface area contributed by atoms with E-state index in [9.17, 15) is 4.79 Å². The predicted octanol–water partition coefficient (Wildman–Crippen LogP) is 3.01. The fourth-order valence-electron chi connectivity index (χ4n) is 2.55. The molecule has 1 aliphatic carbocycles. The van der Waals surface area contributed by atoms with E-state index in [1.54, 1.807) is 18.2 Å². The van der Waals surface area contributed by atoms with Crippen molar-refractivity contribution in [3.8, 4) is 5.75 Å². The topological polar surface area (TPSA) is 61.5 Å². The summed E-state index contributed by atoms with van der Waals surface area (Å²) in [4.78, 5) is 11.5. The van der Waals surface area contributed by atoms with Crippen LogP contribution in [0, 0.1) is 5.92 Å². The molecule has 1 fully saturated rings. The number of nitrogens with two attached hydrogens (primary N) is 1. The number of carbonyl (C=O) groups excluding carboxylic acids is 1. The molecule has 2 N–H and O–H groups in total. The lowest BCUT2D eigenvalue weighted by molar-refractivity contribution is 0.0599. The van der Waals surface area contributed by atoms with Crippen molar-refractivity contribution in [2.45, 2.75) is 38.7 Å².